The van der Waals surface area contributed by atoms with Crippen LogP contribution in [0.2, 0.25) is 0 Å². The zero-order valence-corrected chi connectivity index (χ0v) is 34.1. The molecule has 3 heterocycles. The van der Waals surface area contributed by atoms with Crippen molar-refractivity contribution in [3.05, 3.63) is 197 Å². The first-order valence-electron chi connectivity index (χ1n) is 21.2. The summed E-state index contributed by atoms with van der Waals surface area (Å²) in [6, 6.07) is 60.9. The van der Waals surface area contributed by atoms with E-state index < -0.39 is 0 Å². The predicted octanol–water partition coefficient (Wildman–Crippen LogP) is 14.6. The molecular weight excluding hydrogens is 747 g/mol. The van der Waals surface area contributed by atoms with Crippen molar-refractivity contribution in [3.8, 4) is 39.2 Å². The summed E-state index contributed by atoms with van der Waals surface area (Å²) in [5.41, 5.74) is 17.2. The van der Waals surface area contributed by atoms with E-state index in [1.807, 2.05) is 0 Å². The van der Waals surface area contributed by atoms with Gasteiger partial charge in [0.1, 0.15) is 10.7 Å². The van der Waals surface area contributed by atoms with Gasteiger partial charge in [0.2, 0.25) is 0 Å². The van der Waals surface area contributed by atoms with E-state index in [1.54, 1.807) is 11.3 Å². The van der Waals surface area contributed by atoms with Crippen LogP contribution < -0.4 is 0 Å². The number of aryl methyl sites for hydroxylation is 3. The number of nitrogens with zero attached hydrogens (tertiary/aromatic N) is 3. The van der Waals surface area contributed by atoms with E-state index in [2.05, 4.69) is 175 Å². The molecular formula is C56H39N3S. The Morgan fingerprint density at radius 1 is 0.567 bits per heavy atom. The molecule has 2 bridgehead atoms. The summed E-state index contributed by atoms with van der Waals surface area (Å²) in [6.45, 7) is 2.35. The average Bonchev–Trinajstić information content (AvgIpc) is 3.95. The molecule has 0 aliphatic heterocycles. The molecule has 0 saturated heterocycles. The van der Waals surface area contributed by atoms with Crippen LogP contribution in [-0.4, -0.2) is 14.5 Å². The molecule has 0 atom stereocenters. The minimum atomic E-state index is 0.295. The zero-order valence-electron chi connectivity index (χ0n) is 33.2. The molecule has 3 aromatic heterocycles. The first kappa shape index (κ1) is 34.0. The Bertz CT molecular complexity index is 3540. The lowest BCUT2D eigenvalue weighted by Gasteiger charge is -2.19. The van der Waals surface area contributed by atoms with Crippen molar-refractivity contribution in [2.75, 3.05) is 0 Å². The third kappa shape index (κ3) is 4.89. The third-order valence-corrected chi connectivity index (χ3v) is 14.6. The highest BCUT2D eigenvalue weighted by Crippen LogP contribution is 2.50. The number of thiophene rings is 1. The summed E-state index contributed by atoms with van der Waals surface area (Å²) >= 11 is 1.79. The average molecular weight is 786 g/mol. The van der Waals surface area contributed by atoms with E-state index in [0.717, 1.165) is 47.5 Å². The van der Waals surface area contributed by atoms with Gasteiger partial charge in [-0.05, 0) is 111 Å². The van der Waals surface area contributed by atoms with Crippen molar-refractivity contribution in [1.82, 2.24) is 14.5 Å². The van der Waals surface area contributed by atoms with Crippen LogP contribution in [-0.2, 0) is 19.3 Å². The summed E-state index contributed by atoms with van der Waals surface area (Å²) in [7, 11) is 0. The van der Waals surface area contributed by atoms with Gasteiger partial charge in [0.25, 0.3) is 0 Å². The number of aromatic nitrogens is 3. The van der Waals surface area contributed by atoms with Crippen molar-refractivity contribution in [3.63, 3.8) is 0 Å². The lowest BCUT2D eigenvalue weighted by molar-refractivity contribution is 0.702. The quantitative estimate of drug-likeness (QED) is 0.178. The molecule has 4 heteroatoms. The van der Waals surface area contributed by atoms with Gasteiger partial charge in [-0.1, -0.05) is 146 Å². The molecule has 0 spiro atoms. The van der Waals surface area contributed by atoms with Crippen molar-refractivity contribution in [2.45, 2.75) is 38.5 Å². The molecule has 0 amide bonds. The second-order valence-electron chi connectivity index (χ2n) is 16.7. The van der Waals surface area contributed by atoms with Crippen LogP contribution in [0.4, 0.5) is 0 Å². The number of hydrogen-bond acceptors (Lipinski definition) is 3. The highest BCUT2D eigenvalue weighted by molar-refractivity contribution is 7.25. The number of benzene rings is 8. The van der Waals surface area contributed by atoms with Crippen LogP contribution in [0, 0.1) is 6.92 Å². The summed E-state index contributed by atoms with van der Waals surface area (Å²) in [4.78, 5) is 12.3. The van der Waals surface area contributed by atoms with E-state index in [0.29, 0.717) is 5.92 Å². The van der Waals surface area contributed by atoms with E-state index >= 15 is 0 Å². The second kappa shape index (κ2) is 13.1. The van der Waals surface area contributed by atoms with Crippen molar-refractivity contribution in [2.24, 2.45) is 0 Å². The normalized spacial score (nSPS) is 13.3. The summed E-state index contributed by atoms with van der Waals surface area (Å²) < 4.78 is 3.77. The number of fused-ring (bicyclic) bond motifs is 18. The Hall–Kier alpha value is -6.88. The van der Waals surface area contributed by atoms with Crippen molar-refractivity contribution < 1.29 is 0 Å². The van der Waals surface area contributed by atoms with Gasteiger partial charge in [-0.2, -0.15) is 0 Å². The lowest BCUT2D eigenvalue weighted by atomic mass is 9.88. The Labute approximate surface area is 352 Å². The minimum Gasteiger partial charge on any atom is -0.292 e. The fourth-order valence-corrected chi connectivity index (χ4v) is 12.0. The lowest BCUT2D eigenvalue weighted by Crippen LogP contribution is -2.07. The topological polar surface area (TPSA) is 30.7 Å². The molecule has 2 aliphatic carbocycles. The Balaban J connectivity index is 1.14. The molecule has 2 aliphatic rings. The maximum Gasteiger partial charge on any atom is 0.150 e. The first-order chi connectivity index (χ1) is 29.7. The molecule has 3 nitrogen and oxygen atoms in total. The highest BCUT2D eigenvalue weighted by Gasteiger charge is 2.30. The molecule has 0 saturated carbocycles. The minimum absolute atomic E-state index is 0.295. The molecule has 13 rings (SSSR count). The monoisotopic (exact) mass is 785 g/mol. The summed E-state index contributed by atoms with van der Waals surface area (Å²) in [5, 5.41) is 7.36. The van der Waals surface area contributed by atoms with E-state index in [4.69, 9.17) is 9.97 Å². The van der Waals surface area contributed by atoms with Crippen LogP contribution in [0.5, 0.6) is 0 Å². The van der Waals surface area contributed by atoms with Gasteiger partial charge in [0.05, 0.1) is 16.4 Å². The first-order valence-corrected chi connectivity index (χ1v) is 22.0. The van der Waals surface area contributed by atoms with E-state index in [-0.39, 0.29) is 0 Å². The molecule has 0 N–H and O–H groups in total. The maximum atomic E-state index is 5.78. The van der Waals surface area contributed by atoms with Crippen molar-refractivity contribution in [1.29, 1.82) is 0 Å². The summed E-state index contributed by atoms with van der Waals surface area (Å²) in [5.74, 6) is 2.16. The molecule has 60 heavy (non-hydrogen) atoms. The van der Waals surface area contributed by atoms with Gasteiger partial charge in [0.15, 0.2) is 5.82 Å². The molecule has 284 valence electrons. The number of rotatable bonds is 4. The van der Waals surface area contributed by atoms with Gasteiger partial charge in [-0.15, -0.1) is 11.3 Å². The Morgan fingerprint density at radius 3 is 1.98 bits per heavy atom. The predicted molar refractivity (Wildman–Crippen MR) is 252 cm³/mol. The van der Waals surface area contributed by atoms with Gasteiger partial charge in [0, 0.05) is 38.8 Å². The Kier molecular flexibility index (Phi) is 7.41. The van der Waals surface area contributed by atoms with Crippen LogP contribution in [0.15, 0.2) is 164 Å². The molecule has 8 aromatic carbocycles. The van der Waals surface area contributed by atoms with E-state index in [1.165, 1.54) is 104 Å². The van der Waals surface area contributed by atoms with Crippen LogP contribution >= 0.6 is 11.3 Å². The van der Waals surface area contributed by atoms with Crippen LogP contribution in [0.3, 0.4) is 0 Å². The van der Waals surface area contributed by atoms with Gasteiger partial charge in [-0.25, -0.2) is 9.97 Å². The third-order valence-electron chi connectivity index (χ3n) is 13.6. The van der Waals surface area contributed by atoms with E-state index in [9.17, 15) is 0 Å². The smallest absolute Gasteiger partial charge is 0.150 e. The number of hydrogen-bond donors (Lipinski definition) is 0. The van der Waals surface area contributed by atoms with Crippen molar-refractivity contribution >= 4 is 64.2 Å². The molecule has 11 aromatic rings. The largest absolute Gasteiger partial charge is 0.292 e. The standard InChI is InChI=1S/C56H39N3S/c1-33-46-32-47-52-39-19-7-4-16-36(39)28-30-48(52)59(54(47)51(33)38-18-6-3-15-35(38)27-26-34-14-2-5-17-37(34)46)55-53-45-24-12-13-25-49(45)60-56(53)58-50(57-55)31-29-44-42-22-10-8-20-40(42)41-21-9-11-23-43(41)44/h2-25,28,30,32,44H,26-27,29,31H2,1H3. The highest BCUT2D eigenvalue weighted by atomic mass is 32.1. The van der Waals surface area contributed by atoms with Gasteiger partial charge < -0.3 is 0 Å². The molecule has 0 unspecified atom stereocenters. The SMILES string of the molecule is Cc1c2cc3c4c5ccccc5ccc4n(-c4nc(CCC5c6ccccc6-c6ccccc65)nc5sc6ccccc6c45)c3c1-c1ccccc1CCc1ccccc1-2. The van der Waals surface area contributed by atoms with Crippen LogP contribution in [0.25, 0.3) is 92.1 Å². The second-order valence-corrected chi connectivity index (χ2v) is 17.7. The Morgan fingerprint density at radius 2 is 1.20 bits per heavy atom. The maximum absolute atomic E-state index is 5.78. The fourth-order valence-electron chi connectivity index (χ4n) is 10.9. The summed E-state index contributed by atoms with van der Waals surface area (Å²) in [6.07, 6.45) is 3.66. The fraction of sp³-hybridized carbons (Fsp3) is 0.107. The van der Waals surface area contributed by atoms with Gasteiger partial charge in [-0.3, -0.25) is 4.57 Å². The van der Waals surface area contributed by atoms with Gasteiger partial charge >= 0.3 is 0 Å². The molecule has 0 fully saturated rings. The van der Waals surface area contributed by atoms with Crippen LogP contribution in [0.1, 0.15) is 46.0 Å². The molecule has 0 radical (unpaired) electrons. The zero-order chi connectivity index (χ0) is 39.5.